The van der Waals surface area contributed by atoms with E-state index in [1.54, 1.807) is 48.6 Å². The number of benzene rings is 1. The van der Waals surface area contributed by atoms with E-state index < -0.39 is 50.4 Å². The molecule has 0 aliphatic rings. The van der Waals surface area contributed by atoms with Crippen molar-refractivity contribution in [1.82, 2.24) is 9.80 Å². The molecule has 0 aromatic heterocycles. The summed E-state index contributed by atoms with van der Waals surface area (Å²) in [6.07, 6.45) is -0.157. The van der Waals surface area contributed by atoms with Gasteiger partial charge in [0, 0.05) is 37.8 Å². The van der Waals surface area contributed by atoms with Crippen LogP contribution in [0, 0.1) is 27.1 Å². The van der Waals surface area contributed by atoms with Gasteiger partial charge in [0.1, 0.15) is 22.2 Å². The number of allylic oxidation sites excluding steroid dienone is 2. The first-order valence-corrected chi connectivity index (χ1v) is 22.2. The molecule has 0 bridgehead atoms. The first-order chi connectivity index (χ1) is 28.8. The number of ketones is 3. The van der Waals surface area contributed by atoms with Crippen LogP contribution in [-0.4, -0.2) is 104 Å². The van der Waals surface area contributed by atoms with Crippen molar-refractivity contribution in [3.05, 3.63) is 58.7 Å². The van der Waals surface area contributed by atoms with Crippen LogP contribution < -0.4 is 0 Å². The number of ether oxygens (including phenoxy) is 1. The lowest BCUT2D eigenvalue weighted by Crippen LogP contribution is -2.45. The number of esters is 1. The second kappa shape index (κ2) is 23.0. The molecule has 0 fully saturated rings. The minimum atomic E-state index is -1.49. The third-order valence-corrected chi connectivity index (χ3v) is 13.1. The first-order valence-electron chi connectivity index (χ1n) is 22.2. The van der Waals surface area contributed by atoms with Crippen LogP contribution >= 0.6 is 0 Å². The van der Waals surface area contributed by atoms with Crippen molar-refractivity contribution in [1.29, 1.82) is 0 Å². The molecule has 1 rings (SSSR count). The van der Waals surface area contributed by atoms with E-state index in [9.17, 15) is 33.6 Å². The number of rotatable bonds is 18. The van der Waals surface area contributed by atoms with Gasteiger partial charge in [0.15, 0.2) is 11.6 Å². The Morgan fingerprint density at radius 1 is 0.585 bits per heavy atom. The molecule has 1 aromatic carbocycles. The number of hydrogen-bond acceptors (Lipinski definition) is 8. The zero-order valence-corrected chi connectivity index (χ0v) is 44.6. The van der Waals surface area contributed by atoms with Crippen LogP contribution in [0.3, 0.4) is 0 Å². The van der Waals surface area contributed by atoms with Crippen molar-refractivity contribution in [2.75, 3.05) is 27.0 Å². The minimum absolute atomic E-state index is 0.0105. The zero-order chi connectivity index (χ0) is 52.4. The minimum Gasteiger partial charge on any atom is -0.481 e. The van der Waals surface area contributed by atoms with Gasteiger partial charge in [0.25, 0.3) is 0 Å². The normalized spacial score (nSPS) is 13.1. The van der Waals surface area contributed by atoms with Crippen LogP contribution in [-0.2, 0) is 49.1 Å². The van der Waals surface area contributed by atoms with Gasteiger partial charge in [-0.2, -0.15) is 0 Å². The number of carboxylic acid groups (broad SMARTS) is 1. The van der Waals surface area contributed by atoms with E-state index in [2.05, 4.69) is 72.4 Å². The van der Waals surface area contributed by atoms with Crippen LogP contribution in [0.15, 0.2) is 47.6 Å². The van der Waals surface area contributed by atoms with Gasteiger partial charge < -0.3 is 19.6 Å². The molecule has 362 valence electrons. The summed E-state index contributed by atoms with van der Waals surface area (Å²) in [5.41, 5.74) is -0.777. The Morgan fingerprint density at radius 2 is 0.938 bits per heavy atom. The fourth-order valence-corrected chi connectivity index (χ4v) is 6.36. The summed E-state index contributed by atoms with van der Waals surface area (Å²) >= 11 is 0. The number of aliphatic carboxylic acids is 1. The van der Waals surface area contributed by atoms with Crippen molar-refractivity contribution in [3.63, 3.8) is 0 Å². The average molecular weight is 903 g/mol. The van der Waals surface area contributed by atoms with Gasteiger partial charge in [-0.3, -0.25) is 33.6 Å². The topological polar surface area (TPSA) is 155 Å². The second-order valence-electron chi connectivity index (χ2n) is 22.4. The molecule has 0 spiro atoms. The maximum atomic E-state index is 13.0. The number of Topliss-reactive ketones (excluding diaryl/α,β-unsaturated/α-hetero) is 3. The largest absolute Gasteiger partial charge is 0.481 e. The predicted octanol–water partition coefficient (Wildman–Crippen LogP) is 9.36. The van der Waals surface area contributed by atoms with E-state index in [4.69, 9.17) is 25.5 Å². The standard InChI is InChI=1S/C24H40BNO5.C16H24.C12H20BNO4/c1-15(22(6,7)17(3)27)16(2)24(10,11)31-20(30)23(8,9)18(28)13-21(4,5)19(29)26(12)14-25;1-12(2)16(6,7)14-11-9-8-10-13(14)15(3,4)5;1-11(2,9(16)14(5)7-13)6-8(15)12(3,4)10(17)18/h13-14H2,1-12H3;8-11H,1H2,2-7H3;6-7H2,1-5H3,(H,17,18)/b16-15-;;. The highest BCUT2D eigenvalue weighted by Gasteiger charge is 2.45. The van der Waals surface area contributed by atoms with Gasteiger partial charge >= 0.3 is 11.9 Å². The molecule has 2 amide bonds. The molecular weight excluding hydrogens is 818 g/mol. The summed E-state index contributed by atoms with van der Waals surface area (Å²) in [5, 5.41) is 8.97. The Labute approximate surface area is 396 Å². The van der Waals surface area contributed by atoms with E-state index in [-0.39, 0.29) is 59.9 Å². The molecule has 65 heavy (non-hydrogen) atoms. The van der Waals surface area contributed by atoms with Crippen molar-refractivity contribution in [2.45, 2.75) is 175 Å². The van der Waals surface area contributed by atoms with Gasteiger partial charge in [0.2, 0.25) is 11.8 Å². The zero-order valence-electron chi connectivity index (χ0n) is 44.6. The van der Waals surface area contributed by atoms with Gasteiger partial charge in [-0.15, -0.1) is 0 Å². The Bertz CT molecular complexity index is 1960. The Kier molecular flexibility index (Phi) is 22.2. The summed E-state index contributed by atoms with van der Waals surface area (Å²) in [6, 6.07) is 8.71. The monoisotopic (exact) mass is 903 g/mol. The van der Waals surface area contributed by atoms with Crippen LogP contribution in [0.1, 0.15) is 169 Å². The number of carboxylic acids is 1. The van der Waals surface area contributed by atoms with E-state index in [1.807, 2.05) is 27.7 Å². The molecular formula is C52H84B2N2O9. The number of carbonyl (C=O) groups excluding carboxylic acids is 6. The molecule has 0 saturated carbocycles. The van der Waals surface area contributed by atoms with Crippen LogP contribution in [0.4, 0.5) is 0 Å². The molecule has 0 atom stereocenters. The molecule has 0 unspecified atom stereocenters. The fourth-order valence-electron chi connectivity index (χ4n) is 6.36. The summed E-state index contributed by atoms with van der Waals surface area (Å²) in [5.74, 6) is -3.27. The highest BCUT2D eigenvalue weighted by atomic mass is 16.6. The lowest BCUT2D eigenvalue weighted by Gasteiger charge is -2.36. The SMILES string of the molecule is C=C(C)C(C)(C)c1ccccc1C(C)(C)C.[B]CN(C)C(=O)C(C)(C)CC(=O)C(C)(C)C(=O)O.[B]CN(C)C(=O)C(C)(C)CC(=O)C(C)(C)C(=O)OC(C)(C)/C(C)=C(/C)C(C)(C)C(C)=O. The van der Waals surface area contributed by atoms with Gasteiger partial charge in [-0.05, 0) is 118 Å². The quantitative estimate of drug-likeness (QED) is 0.0657. The number of carbonyl (C=O) groups is 7. The molecule has 4 radical (unpaired) electrons. The molecule has 1 aromatic rings. The summed E-state index contributed by atoms with van der Waals surface area (Å²) < 4.78 is 5.78. The molecule has 0 aliphatic heterocycles. The van der Waals surface area contributed by atoms with Gasteiger partial charge in [-0.25, -0.2) is 0 Å². The van der Waals surface area contributed by atoms with E-state index in [0.29, 0.717) is 0 Å². The van der Waals surface area contributed by atoms with Gasteiger partial charge in [0.05, 0.1) is 26.5 Å². The lowest BCUT2D eigenvalue weighted by molar-refractivity contribution is -0.168. The highest BCUT2D eigenvalue weighted by molar-refractivity contribution is 6.11. The Balaban J connectivity index is 0. The van der Waals surface area contributed by atoms with Crippen molar-refractivity contribution < 1.29 is 43.4 Å². The molecule has 0 heterocycles. The van der Waals surface area contributed by atoms with E-state index in [0.717, 1.165) is 11.1 Å². The number of amides is 2. The Morgan fingerprint density at radius 3 is 1.25 bits per heavy atom. The maximum Gasteiger partial charge on any atom is 0.319 e. The third-order valence-electron chi connectivity index (χ3n) is 13.1. The third kappa shape index (κ3) is 16.5. The highest BCUT2D eigenvalue weighted by Crippen LogP contribution is 2.39. The number of nitrogens with zero attached hydrogens (tertiary/aromatic N) is 2. The number of hydrogen-bond donors (Lipinski definition) is 1. The van der Waals surface area contributed by atoms with Crippen molar-refractivity contribution >= 4 is 56.8 Å². The predicted molar refractivity (Wildman–Crippen MR) is 265 cm³/mol. The summed E-state index contributed by atoms with van der Waals surface area (Å²) in [4.78, 5) is 88.2. The van der Waals surface area contributed by atoms with Crippen molar-refractivity contribution in [3.8, 4) is 0 Å². The second-order valence-corrected chi connectivity index (χ2v) is 22.4. The van der Waals surface area contributed by atoms with Crippen LogP contribution in [0.25, 0.3) is 0 Å². The maximum absolute atomic E-state index is 13.0. The van der Waals surface area contributed by atoms with Gasteiger partial charge in [-0.1, -0.05) is 104 Å². The first kappa shape index (κ1) is 62.8. The average Bonchev–Trinajstić information content (AvgIpc) is 3.18. The molecule has 0 aliphatic carbocycles. The van der Waals surface area contributed by atoms with Crippen molar-refractivity contribution in [2.24, 2.45) is 27.1 Å². The Hall–Kier alpha value is -4.28. The van der Waals surface area contributed by atoms with E-state index in [1.165, 1.54) is 68.2 Å². The van der Waals surface area contributed by atoms with E-state index >= 15 is 0 Å². The van der Waals surface area contributed by atoms with Crippen LogP contribution in [0.2, 0.25) is 0 Å². The smallest absolute Gasteiger partial charge is 0.319 e. The molecule has 13 heteroatoms. The molecule has 0 saturated heterocycles. The van der Waals surface area contributed by atoms with Crippen LogP contribution in [0.5, 0.6) is 0 Å². The molecule has 1 N–H and O–H groups in total. The lowest BCUT2D eigenvalue weighted by atomic mass is 9.71. The summed E-state index contributed by atoms with van der Waals surface area (Å²) in [7, 11) is 14.0. The molecule has 11 nitrogen and oxygen atoms in total. The fraction of sp³-hybridized carbons (Fsp3) is 0.673. The summed E-state index contributed by atoms with van der Waals surface area (Å²) in [6.45, 7) is 42.1.